The number of carbonyl (C=O) groups is 1. The summed E-state index contributed by atoms with van der Waals surface area (Å²) in [4.78, 5) is 11.8. The molecule has 1 heterocycles. The highest BCUT2D eigenvalue weighted by atomic mass is 35.5. The van der Waals surface area contributed by atoms with Gasteiger partial charge < -0.3 is 14.6 Å². The number of hydrogen-bond acceptors (Lipinski definition) is 3. The lowest BCUT2D eigenvalue weighted by molar-refractivity contribution is 0.0526. The topological polar surface area (TPSA) is 43.3 Å². The van der Waals surface area contributed by atoms with Crippen LogP contribution in [0.2, 0.25) is 10.0 Å². The zero-order valence-electron chi connectivity index (χ0n) is 17.1. The zero-order valence-corrected chi connectivity index (χ0v) is 18.6. The van der Waals surface area contributed by atoms with Gasteiger partial charge in [0.2, 0.25) is 0 Å². The number of aromatic nitrogens is 1. The van der Waals surface area contributed by atoms with Crippen molar-refractivity contribution >= 4 is 45.8 Å². The summed E-state index contributed by atoms with van der Waals surface area (Å²) in [7, 11) is 0. The molecule has 1 N–H and O–H groups in total. The van der Waals surface area contributed by atoms with Gasteiger partial charge in [-0.1, -0.05) is 47.5 Å². The van der Waals surface area contributed by atoms with E-state index in [-0.39, 0.29) is 5.97 Å². The van der Waals surface area contributed by atoms with E-state index < -0.39 is 0 Å². The Morgan fingerprint density at radius 3 is 2.52 bits per heavy atom. The fraction of sp³-hybridized carbons (Fsp3) is 0.160. The number of para-hydroxylation sites is 1. The molecule has 0 aliphatic carbocycles. The van der Waals surface area contributed by atoms with Gasteiger partial charge in [0.25, 0.3) is 0 Å². The smallest absolute Gasteiger partial charge is 0.338 e. The Morgan fingerprint density at radius 1 is 1.00 bits per heavy atom. The van der Waals surface area contributed by atoms with Gasteiger partial charge in [-0.25, -0.2) is 4.79 Å². The number of rotatable bonds is 7. The third-order valence-corrected chi connectivity index (χ3v) is 5.69. The van der Waals surface area contributed by atoms with Crippen LogP contribution in [0.5, 0.6) is 0 Å². The minimum absolute atomic E-state index is 0.307. The minimum Gasteiger partial charge on any atom is -0.462 e. The first-order valence-corrected chi connectivity index (χ1v) is 10.8. The van der Waals surface area contributed by atoms with E-state index in [2.05, 4.69) is 28.2 Å². The van der Waals surface area contributed by atoms with Crippen LogP contribution in [0.15, 0.2) is 72.9 Å². The van der Waals surface area contributed by atoms with Crippen LogP contribution >= 0.6 is 23.2 Å². The number of carbonyl (C=O) groups excluding carboxylic acids is 1. The number of benzene rings is 3. The SMILES string of the molecule is CCOC(=O)c1ccc(NCc2cn(Cc3ccc(Cl)cc3Cl)c3ccccc23)cc1. The van der Waals surface area contributed by atoms with Gasteiger partial charge in [-0.3, -0.25) is 0 Å². The maximum Gasteiger partial charge on any atom is 0.338 e. The van der Waals surface area contributed by atoms with Crippen LogP contribution in [0.4, 0.5) is 5.69 Å². The van der Waals surface area contributed by atoms with E-state index in [9.17, 15) is 4.79 Å². The van der Waals surface area contributed by atoms with Gasteiger partial charge >= 0.3 is 5.97 Å². The molecule has 0 radical (unpaired) electrons. The molecule has 0 aliphatic heterocycles. The fourth-order valence-corrected chi connectivity index (χ4v) is 4.03. The molecular weight excluding hydrogens is 431 g/mol. The normalized spacial score (nSPS) is 10.9. The number of esters is 1. The van der Waals surface area contributed by atoms with Crippen molar-refractivity contribution in [1.82, 2.24) is 4.57 Å². The summed E-state index contributed by atoms with van der Waals surface area (Å²) in [5.74, 6) is -0.307. The zero-order chi connectivity index (χ0) is 21.8. The molecule has 0 aliphatic rings. The van der Waals surface area contributed by atoms with E-state index >= 15 is 0 Å². The van der Waals surface area contributed by atoms with Gasteiger partial charge in [0.15, 0.2) is 0 Å². The molecule has 0 saturated carbocycles. The standard InChI is InChI=1S/C25H22Cl2N2O2/c1-2-31-25(30)17-8-11-21(12-9-17)28-14-19-16-29(24-6-4-3-5-22(19)24)15-18-7-10-20(26)13-23(18)27/h3-13,16,28H,2,14-15H2,1H3. The van der Waals surface area contributed by atoms with Gasteiger partial charge in [0.1, 0.15) is 0 Å². The van der Waals surface area contributed by atoms with Crippen molar-refractivity contribution in [2.24, 2.45) is 0 Å². The molecule has 158 valence electrons. The van der Waals surface area contributed by atoms with Crippen LogP contribution in [0.1, 0.15) is 28.4 Å². The van der Waals surface area contributed by atoms with Crippen molar-refractivity contribution in [2.75, 3.05) is 11.9 Å². The van der Waals surface area contributed by atoms with Gasteiger partial charge in [-0.15, -0.1) is 0 Å². The minimum atomic E-state index is -0.307. The highest BCUT2D eigenvalue weighted by molar-refractivity contribution is 6.35. The molecule has 1 aromatic heterocycles. The van der Waals surface area contributed by atoms with Crippen molar-refractivity contribution in [3.63, 3.8) is 0 Å². The Morgan fingerprint density at radius 2 is 1.77 bits per heavy atom. The fourth-order valence-electron chi connectivity index (χ4n) is 3.56. The van der Waals surface area contributed by atoms with Crippen LogP contribution in [-0.4, -0.2) is 17.1 Å². The number of ether oxygens (including phenoxy) is 1. The van der Waals surface area contributed by atoms with Crippen molar-refractivity contribution in [2.45, 2.75) is 20.0 Å². The molecule has 0 bridgehead atoms. The Kier molecular flexibility index (Phi) is 6.50. The van der Waals surface area contributed by atoms with Crippen molar-refractivity contribution in [3.05, 3.63) is 99.7 Å². The molecule has 4 nitrogen and oxygen atoms in total. The first-order valence-electron chi connectivity index (χ1n) is 10.1. The Hall–Kier alpha value is -2.95. The first kappa shape index (κ1) is 21.3. The maximum absolute atomic E-state index is 11.8. The predicted molar refractivity (Wildman–Crippen MR) is 127 cm³/mol. The summed E-state index contributed by atoms with van der Waals surface area (Å²) in [6.45, 7) is 3.47. The molecule has 0 unspecified atom stereocenters. The molecule has 0 amide bonds. The van der Waals surface area contributed by atoms with Gasteiger partial charge in [-0.05, 0) is 60.5 Å². The summed E-state index contributed by atoms with van der Waals surface area (Å²) in [5.41, 5.74) is 4.81. The van der Waals surface area contributed by atoms with E-state index in [4.69, 9.17) is 27.9 Å². The molecule has 31 heavy (non-hydrogen) atoms. The van der Waals surface area contributed by atoms with Crippen LogP contribution in [-0.2, 0) is 17.8 Å². The number of anilines is 1. The summed E-state index contributed by atoms with van der Waals surface area (Å²) in [6.07, 6.45) is 2.15. The molecule has 0 atom stereocenters. The molecule has 0 spiro atoms. The van der Waals surface area contributed by atoms with Crippen LogP contribution < -0.4 is 5.32 Å². The van der Waals surface area contributed by atoms with E-state index in [0.29, 0.717) is 35.3 Å². The highest BCUT2D eigenvalue weighted by Crippen LogP contribution is 2.27. The largest absolute Gasteiger partial charge is 0.462 e. The average molecular weight is 453 g/mol. The molecule has 6 heteroatoms. The van der Waals surface area contributed by atoms with Gasteiger partial charge in [-0.2, -0.15) is 0 Å². The van der Waals surface area contributed by atoms with Crippen molar-refractivity contribution in [1.29, 1.82) is 0 Å². The molecule has 4 aromatic rings. The maximum atomic E-state index is 11.8. The number of nitrogens with one attached hydrogen (secondary N) is 1. The summed E-state index contributed by atoms with van der Waals surface area (Å²) in [6, 6.07) is 21.2. The third kappa shape index (κ3) is 4.87. The molecular formula is C25H22Cl2N2O2. The van der Waals surface area contributed by atoms with Crippen LogP contribution in [0.3, 0.4) is 0 Å². The molecule has 0 fully saturated rings. The number of fused-ring (bicyclic) bond motifs is 1. The Balaban J connectivity index is 1.54. The number of halogens is 2. The predicted octanol–water partition coefficient (Wildman–Crippen LogP) is 6.79. The van der Waals surface area contributed by atoms with Crippen molar-refractivity contribution < 1.29 is 9.53 Å². The third-order valence-electron chi connectivity index (χ3n) is 5.11. The monoisotopic (exact) mass is 452 g/mol. The second-order valence-corrected chi connectivity index (χ2v) is 8.03. The first-order chi connectivity index (χ1) is 15.0. The summed E-state index contributed by atoms with van der Waals surface area (Å²) in [5, 5.41) is 5.91. The quantitative estimate of drug-likeness (QED) is 0.314. The van der Waals surface area contributed by atoms with E-state index in [1.54, 1.807) is 25.1 Å². The van der Waals surface area contributed by atoms with Gasteiger partial charge in [0, 0.05) is 45.9 Å². The highest BCUT2D eigenvalue weighted by Gasteiger charge is 2.11. The lowest BCUT2D eigenvalue weighted by Gasteiger charge is -2.08. The summed E-state index contributed by atoms with van der Waals surface area (Å²) < 4.78 is 7.23. The van der Waals surface area contributed by atoms with E-state index in [1.807, 2.05) is 36.4 Å². The lowest BCUT2D eigenvalue weighted by Crippen LogP contribution is -2.05. The number of hydrogen-bond donors (Lipinski definition) is 1. The van der Waals surface area contributed by atoms with Crippen LogP contribution in [0, 0.1) is 0 Å². The average Bonchev–Trinajstić information content (AvgIpc) is 3.12. The van der Waals surface area contributed by atoms with Crippen molar-refractivity contribution in [3.8, 4) is 0 Å². The Bertz CT molecular complexity index is 1220. The van der Waals surface area contributed by atoms with Crippen LogP contribution in [0.25, 0.3) is 10.9 Å². The second-order valence-electron chi connectivity index (χ2n) is 7.19. The summed E-state index contributed by atoms with van der Waals surface area (Å²) >= 11 is 12.4. The number of nitrogens with zero attached hydrogens (tertiary/aromatic N) is 1. The van der Waals surface area contributed by atoms with E-state index in [1.165, 1.54) is 10.9 Å². The van der Waals surface area contributed by atoms with E-state index in [0.717, 1.165) is 16.8 Å². The molecule has 4 rings (SSSR count). The molecule has 3 aromatic carbocycles. The van der Waals surface area contributed by atoms with Gasteiger partial charge in [0.05, 0.1) is 12.2 Å². The lowest BCUT2D eigenvalue weighted by atomic mass is 10.1. The second kappa shape index (κ2) is 9.46. The Labute approximate surface area is 191 Å². The molecule has 0 saturated heterocycles.